The second kappa shape index (κ2) is 7.62. The number of hydrogen-bond acceptors (Lipinski definition) is 3. The summed E-state index contributed by atoms with van der Waals surface area (Å²) in [6, 6.07) is 6.12. The van der Waals surface area contributed by atoms with Gasteiger partial charge >= 0.3 is 0 Å². The van der Waals surface area contributed by atoms with Crippen molar-refractivity contribution in [3.63, 3.8) is 0 Å². The predicted octanol–water partition coefficient (Wildman–Crippen LogP) is 3.08. The number of benzene rings is 1. The van der Waals surface area contributed by atoms with E-state index in [4.69, 9.17) is 22.1 Å². The zero-order valence-electron chi connectivity index (χ0n) is 11.4. The van der Waals surface area contributed by atoms with Gasteiger partial charge in [0.2, 0.25) is 0 Å². The summed E-state index contributed by atoms with van der Waals surface area (Å²) in [5, 5.41) is 0.640. The Balaban J connectivity index is 2.97. The molecule has 0 aromatic heterocycles. The average molecular weight is 271 g/mol. The summed E-state index contributed by atoms with van der Waals surface area (Å²) in [5.41, 5.74) is 7.07. The van der Waals surface area contributed by atoms with Crippen LogP contribution in [0, 0.1) is 0 Å². The van der Waals surface area contributed by atoms with E-state index in [1.54, 1.807) is 7.11 Å². The van der Waals surface area contributed by atoms with Gasteiger partial charge in [0.25, 0.3) is 0 Å². The van der Waals surface area contributed by atoms with Crippen molar-refractivity contribution in [2.45, 2.75) is 26.3 Å². The summed E-state index contributed by atoms with van der Waals surface area (Å²) in [6.07, 6.45) is 1.12. The molecule has 0 saturated carbocycles. The maximum atomic E-state index is 6.17. The van der Waals surface area contributed by atoms with Crippen molar-refractivity contribution in [1.29, 1.82) is 0 Å². The third kappa shape index (κ3) is 3.61. The molecule has 18 heavy (non-hydrogen) atoms. The largest absolute Gasteiger partial charge is 0.495 e. The molecule has 0 fully saturated rings. The van der Waals surface area contributed by atoms with Gasteiger partial charge in [0.15, 0.2) is 0 Å². The lowest BCUT2D eigenvalue weighted by atomic mass is 10.0. The number of hydrogen-bond donors (Lipinski definition) is 1. The summed E-state index contributed by atoms with van der Waals surface area (Å²) in [5.74, 6) is 0.703. The normalized spacial score (nSPS) is 12.8. The summed E-state index contributed by atoms with van der Waals surface area (Å²) in [6.45, 7) is 6.96. The van der Waals surface area contributed by atoms with E-state index in [1.807, 2.05) is 18.2 Å². The lowest BCUT2D eigenvalue weighted by Crippen LogP contribution is -2.34. The molecule has 0 aliphatic carbocycles. The number of ether oxygens (including phenoxy) is 1. The fraction of sp³-hybridized carbons (Fsp3) is 0.571. The van der Waals surface area contributed by atoms with Crippen molar-refractivity contribution in [2.24, 2.45) is 5.73 Å². The number of halogens is 1. The molecule has 0 saturated heterocycles. The minimum Gasteiger partial charge on any atom is -0.495 e. The van der Waals surface area contributed by atoms with Crippen LogP contribution in [0.25, 0.3) is 0 Å². The lowest BCUT2D eigenvalue weighted by molar-refractivity contribution is 0.212. The predicted molar refractivity (Wildman–Crippen MR) is 77.3 cm³/mol. The molecule has 4 heteroatoms. The summed E-state index contributed by atoms with van der Waals surface area (Å²) in [7, 11) is 1.62. The highest BCUT2D eigenvalue weighted by Gasteiger charge is 2.18. The van der Waals surface area contributed by atoms with Crippen LogP contribution in [0.5, 0.6) is 5.75 Å². The maximum absolute atomic E-state index is 6.17. The van der Waals surface area contributed by atoms with Crippen LogP contribution < -0.4 is 10.5 Å². The van der Waals surface area contributed by atoms with Gasteiger partial charge in [0.1, 0.15) is 5.75 Å². The number of nitrogens with two attached hydrogens (primary N) is 1. The van der Waals surface area contributed by atoms with E-state index in [9.17, 15) is 0 Å². The van der Waals surface area contributed by atoms with Crippen LogP contribution in [0.1, 0.15) is 31.9 Å². The van der Waals surface area contributed by atoms with Gasteiger partial charge in [-0.25, -0.2) is 0 Å². The molecule has 3 nitrogen and oxygen atoms in total. The third-order valence-corrected chi connectivity index (χ3v) is 3.44. The van der Waals surface area contributed by atoms with E-state index in [0.717, 1.165) is 25.1 Å². The number of likely N-dealkylation sites (N-methyl/N-ethyl adjacent to an activating group) is 1. The summed E-state index contributed by atoms with van der Waals surface area (Å²) in [4.78, 5) is 2.37. The molecule has 1 rings (SSSR count). The first kappa shape index (κ1) is 15.3. The number of nitrogens with zero attached hydrogens (tertiary/aromatic N) is 1. The summed E-state index contributed by atoms with van der Waals surface area (Å²) >= 11 is 6.17. The molecule has 1 aromatic rings. The molecule has 1 unspecified atom stereocenters. The number of rotatable bonds is 7. The standard InChI is InChI=1S/C14H23ClN2O/c1-4-8-17(5-2)13(10-16)11-6-7-14(18-3)12(15)9-11/h6-7,9,13H,4-5,8,10,16H2,1-3H3. The fourth-order valence-electron chi connectivity index (χ4n) is 2.21. The Hall–Kier alpha value is -0.770. The monoisotopic (exact) mass is 270 g/mol. The highest BCUT2D eigenvalue weighted by atomic mass is 35.5. The van der Waals surface area contributed by atoms with Crippen LogP contribution in [-0.4, -0.2) is 31.6 Å². The van der Waals surface area contributed by atoms with Crippen molar-refractivity contribution in [3.8, 4) is 5.75 Å². The zero-order valence-corrected chi connectivity index (χ0v) is 12.2. The average Bonchev–Trinajstić information content (AvgIpc) is 2.38. The van der Waals surface area contributed by atoms with E-state index in [1.165, 1.54) is 0 Å². The molecule has 1 atom stereocenters. The molecule has 0 radical (unpaired) electrons. The first-order chi connectivity index (χ1) is 8.67. The highest BCUT2D eigenvalue weighted by Crippen LogP contribution is 2.29. The Morgan fingerprint density at radius 1 is 1.39 bits per heavy atom. The Bertz CT molecular complexity index is 371. The molecule has 0 amide bonds. The third-order valence-electron chi connectivity index (χ3n) is 3.14. The second-order valence-corrected chi connectivity index (χ2v) is 4.68. The molecule has 0 heterocycles. The molecule has 0 spiro atoms. The van der Waals surface area contributed by atoms with Gasteiger partial charge in [-0.15, -0.1) is 0 Å². The van der Waals surface area contributed by atoms with E-state index in [2.05, 4.69) is 18.7 Å². The molecular formula is C14H23ClN2O. The van der Waals surface area contributed by atoms with Crippen LogP contribution in [0.3, 0.4) is 0 Å². The number of methoxy groups -OCH3 is 1. The van der Waals surface area contributed by atoms with Gasteiger partial charge in [-0.05, 0) is 37.2 Å². The van der Waals surface area contributed by atoms with Crippen molar-refractivity contribution < 1.29 is 4.74 Å². The molecule has 0 aliphatic rings. The SMILES string of the molecule is CCCN(CC)C(CN)c1ccc(OC)c(Cl)c1. The minimum atomic E-state index is 0.221. The first-order valence-electron chi connectivity index (χ1n) is 6.45. The van der Waals surface area contributed by atoms with Gasteiger partial charge in [-0.2, -0.15) is 0 Å². The molecule has 2 N–H and O–H groups in total. The Labute approximate surface area is 115 Å². The molecule has 0 aliphatic heterocycles. The fourth-order valence-corrected chi connectivity index (χ4v) is 2.47. The zero-order chi connectivity index (χ0) is 13.5. The van der Waals surface area contributed by atoms with E-state index in [0.29, 0.717) is 17.3 Å². The highest BCUT2D eigenvalue weighted by molar-refractivity contribution is 6.32. The van der Waals surface area contributed by atoms with Gasteiger partial charge in [-0.1, -0.05) is 31.5 Å². The van der Waals surface area contributed by atoms with Crippen molar-refractivity contribution in [2.75, 3.05) is 26.7 Å². The van der Waals surface area contributed by atoms with Crippen molar-refractivity contribution in [3.05, 3.63) is 28.8 Å². The van der Waals surface area contributed by atoms with E-state index >= 15 is 0 Å². The molecule has 1 aromatic carbocycles. The summed E-state index contributed by atoms with van der Waals surface area (Å²) < 4.78 is 5.17. The quantitative estimate of drug-likeness (QED) is 0.828. The van der Waals surface area contributed by atoms with Gasteiger partial charge in [-0.3, -0.25) is 4.90 Å². The second-order valence-electron chi connectivity index (χ2n) is 4.27. The van der Waals surface area contributed by atoms with Crippen LogP contribution in [0.4, 0.5) is 0 Å². The van der Waals surface area contributed by atoms with Gasteiger partial charge in [0.05, 0.1) is 12.1 Å². The minimum absolute atomic E-state index is 0.221. The van der Waals surface area contributed by atoms with Crippen LogP contribution in [0.15, 0.2) is 18.2 Å². The van der Waals surface area contributed by atoms with Crippen LogP contribution in [0.2, 0.25) is 5.02 Å². The van der Waals surface area contributed by atoms with Crippen LogP contribution >= 0.6 is 11.6 Å². The van der Waals surface area contributed by atoms with Crippen molar-refractivity contribution >= 4 is 11.6 Å². The lowest BCUT2D eigenvalue weighted by Gasteiger charge is -2.30. The molecular weight excluding hydrogens is 248 g/mol. The van der Waals surface area contributed by atoms with Gasteiger partial charge < -0.3 is 10.5 Å². The smallest absolute Gasteiger partial charge is 0.137 e. The van der Waals surface area contributed by atoms with E-state index < -0.39 is 0 Å². The topological polar surface area (TPSA) is 38.5 Å². The first-order valence-corrected chi connectivity index (χ1v) is 6.83. The Kier molecular flexibility index (Phi) is 6.47. The molecule has 102 valence electrons. The van der Waals surface area contributed by atoms with Crippen molar-refractivity contribution in [1.82, 2.24) is 4.90 Å². The Morgan fingerprint density at radius 2 is 2.11 bits per heavy atom. The van der Waals surface area contributed by atoms with E-state index in [-0.39, 0.29) is 6.04 Å². The maximum Gasteiger partial charge on any atom is 0.137 e. The van der Waals surface area contributed by atoms with Gasteiger partial charge in [0, 0.05) is 12.6 Å². The molecule has 0 bridgehead atoms. The Morgan fingerprint density at radius 3 is 2.56 bits per heavy atom. The van der Waals surface area contributed by atoms with Crippen LogP contribution in [-0.2, 0) is 0 Å².